The summed E-state index contributed by atoms with van der Waals surface area (Å²) in [6.45, 7) is 0.387. The predicted molar refractivity (Wildman–Crippen MR) is 113 cm³/mol. The molecule has 0 amide bonds. The lowest BCUT2D eigenvalue weighted by Gasteiger charge is -2.18. The molecular weight excluding hydrogens is 424 g/mol. The molecule has 2 bridgehead atoms. The van der Waals surface area contributed by atoms with Crippen LogP contribution in [0.3, 0.4) is 0 Å². The fraction of sp³-hybridized carbons (Fsp3) is 0.412. The number of ether oxygens (including phenoxy) is 1. The molecule has 0 saturated heterocycles. The van der Waals surface area contributed by atoms with E-state index in [1.54, 1.807) is 7.11 Å². The zero-order valence-corrected chi connectivity index (χ0v) is 18.5. The molecule has 0 saturated carbocycles. The summed E-state index contributed by atoms with van der Waals surface area (Å²) in [5.41, 5.74) is 4.88. The van der Waals surface area contributed by atoms with Gasteiger partial charge in [-0.3, -0.25) is 0 Å². The standard InChI is InChI=1S/C17H20Cl4OP2/c1-12-7-8-13-10-17(24(20)21)14(9-15(13)11-22-2)5-3-4-6-16(12)23(18)19/h4,6,9-10H,3,5,7-8,11H2,1-2H3/b6-4+,16-12-. The van der Waals surface area contributed by atoms with E-state index in [9.17, 15) is 0 Å². The number of fused-ring (bicyclic) bond motifs is 7. The lowest BCUT2D eigenvalue weighted by molar-refractivity contribution is 0.184. The van der Waals surface area contributed by atoms with Crippen LogP contribution >= 0.6 is 58.2 Å². The van der Waals surface area contributed by atoms with E-state index in [1.807, 2.05) is 0 Å². The highest BCUT2D eigenvalue weighted by Gasteiger charge is 2.17. The summed E-state index contributed by atoms with van der Waals surface area (Å²) in [5.74, 6) is 0. The van der Waals surface area contributed by atoms with Gasteiger partial charge in [-0.05, 0) is 55.4 Å². The van der Waals surface area contributed by atoms with Crippen molar-refractivity contribution in [3.63, 3.8) is 0 Å². The number of hydrogen-bond donors (Lipinski definition) is 0. The first kappa shape index (κ1) is 21.0. The van der Waals surface area contributed by atoms with Crippen molar-refractivity contribution in [1.82, 2.24) is 0 Å². The average molecular weight is 444 g/mol. The number of halogens is 4. The van der Waals surface area contributed by atoms with Gasteiger partial charge in [-0.2, -0.15) is 0 Å². The lowest BCUT2D eigenvalue weighted by Crippen LogP contribution is -2.11. The molecule has 0 spiro atoms. The molecule has 132 valence electrons. The van der Waals surface area contributed by atoms with E-state index in [2.05, 4.69) is 31.2 Å². The van der Waals surface area contributed by atoms with Crippen LogP contribution in [0, 0.1) is 0 Å². The van der Waals surface area contributed by atoms with E-state index in [-0.39, 0.29) is 0 Å². The molecule has 0 radical (unpaired) electrons. The van der Waals surface area contributed by atoms with Crippen molar-refractivity contribution in [2.75, 3.05) is 7.11 Å². The second kappa shape index (κ2) is 10.1. The Morgan fingerprint density at radius 2 is 1.75 bits per heavy atom. The Hall–Kier alpha value is 0.680. The summed E-state index contributed by atoms with van der Waals surface area (Å²) in [7, 11) is 1.72. The molecule has 7 heteroatoms. The minimum Gasteiger partial charge on any atom is -0.380 e. The topological polar surface area (TPSA) is 9.23 Å². The van der Waals surface area contributed by atoms with E-state index in [1.165, 1.54) is 22.3 Å². The van der Waals surface area contributed by atoms with Gasteiger partial charge in [0.15, 0.2) is 0 Å². The van der Waals surface area contributed by atoms with Gasteiger partial charge >= 0.3 is 0 Å². The summed E-state index contributed by atoms with van der Waals surface area (Å²) >= 11 is 24.9. The van der Waals surface area contributed by atoms with E-state index >= 15 is 0 Å². The molecule has 0 fully saturated rings. The Balaban J connectivity index is 2.48. The van der Waals surface area contributed by atoms with Gasteiger partial charge in [0.2, 0.25) is 0 Å². The highest BCUT2D eigenvalue weighted by atomic mass is 35.9. The van der Waals surface area contributed by atoms with Crippen molar-refractivity contribution < 1.29 is 4.74 Å². The van der Waals surface area contributed by atoms with Crippen molar-refractivity contribution in [1.29, 1.82) is 0 Å². The second-order valence-electron chi connectivity index (χ2n) is 5.76. The molecule has 1 nitrogen and oxygen atoms in total. The fourth-order valence-corrected chi connectivity index (χ4v) is 6.25. The fourth-order valence-electron chi connectivity index (χ4n) is 2.83. The monoisotopic (exact) mass is 442 g/mol. The largest absolute Gasteiger partial charge is 0.380 e. The molecule has 1 aromatic rings. The molecular formula is C17H20Cl4OP2. The van der Waals surface area contributed by atoms with E-state index in [4.69, 9.17) is 49.7 Å². The van der Waals surface area contributed by atoms with Crippen LogP contribution in [0.15, 0.2) is 35.2 Å². The van der Waals surface area contributed by atoms with Gasteiger partial charge in [0.05, 0.1) is 6.61 Å². The highest BCUT2D eigenvalue weighted by Crippen LogP contribution is 2.56. The minimum atomic E-state index is -1.17. The van der Waals surface area contributed by atoms with Crippen molar-refractivity contribution in [2.45, 2.75) is 39.2 Å². The molecule has 0 N–H and O–H groups in total. The van der Waals surface area contributed by atoms with Crippen molar-refractivity contribution >= 4 is 63.5 Å². The summed E-state index contributed by atoms with van der Waals surface area (Å²) in [6.07, 6.45) is 7.78. The van der Waals surface area contributed by atoms with Gasteiger partial charge < -0.3 is 4.74 Å². The predicted octanol–water partition coefficient (Wildman–Crippen LogP) is 7.75. The molecule has 0 aromatic heterocycles. The van der Waals surface area contributed by atoms with Crippen LogP contribution in [-0.2, 0) is 24.2 Å². The Labute approximate surface area is 166 Å². The number of allylic oxidation sites excluding steroid dienone is 4. The maximum absolute atomic E-state index is 6.27. The number of methoxy groups -OCH3 is 1. The number of hydrogen-bond acceptors (Lipinski definition) is 1. The van der Waals surface area contributed by atoms with Crippen LogP contribution in [0.5, 0.6) is 0 Å². The Morgan fingerprint density at radius 3 is 2.38 bits per heavy atom. The van der Waals surface area contributed by atoms with E-state index in [0.717, 1.165) is 36.3 Å². The summed E-state index contributed by atoms with van der Waals surface area (Å²) < 4.78 is 5.38. The minimum absolute atomic E-state index is 0.592. The zero-order chi connectivity index (χ0) is 17.7. The molecule has 0 heterocycles. The molecule has 2 aliphatic rings. The molecule has 0 unspecified atom stereocenters. The third-order valence-electron chi connectivity index (χ3n) is 4.13. The van der Waals surface area contributed by atoms with Gasteiger partial charge in [0.25, 0.3) is 0 Å². The average Bonchev–Trinajstić information content (AvgIpc) is 2.51. The number of aryl methyl sites for hydroxylation is 2. The van der Waals surface area contributed by atoms with E-state index < -0.39 is 13.3 Å². The summed E-state index contributed by atoms with van der Waals surface area (Å²) in [6, 6.07) is 4.37. The Kier molecular flexibility index (Phi) is 8.86. The quantitative estimate of drug-likeness (QED) is 0.432. The Bertz CT molecular complexity index is 642. The normalized spacial score (nSPS) is 20.3. The van der Waals surface area contributed by atoms with Crippen molar-refractivity contribution in [2.24, 2.45) is 0 Å². The third kappa shape index (κ3) is 5.59. The molecule has 24 heavy (non-hydrogen) atoms. The SMILES string of the molecule is COCc1cc2c(P(Cl)Cl)cc1CC/C(C)=C(P(Cl)Cl)/C=C/CC2. The van der Waals surface area contributed by atoms with Crippen LogP contribution in [0.4, 0.5) is 0 Å². The van der Waals surface area contributed by atoms with Gasteiger partial charge in [0.1, 0.15) is 13.3 Å². The summed E-state index contributed by atoms with van der Waals surface area (Å²) in [4.78, 5) is 0. The highest BCUT2D eigenvalue weighted by molar-refractivity contribution is 8.09. The summed E-state index contributed by atoms with van der Waals surface area (Å²) in [5, 5.41) is 2.13. The zero-order valence-electron chi connectivity index (χ0n) is 13.7. The molecule has 0 aliphatic heterocycles. The van der Waals surface area contributed by atoms with Gasteiger partial charge in [0, 0.05) is 17.7 Å². The van der Waals surface area contributed by atoms with Crippen LogP contribution in [0.25, 0.3) is 0 Å². The third-order valence-corrected chi connectivity index (χ3v) is 7.99. The maximum atomic E-state index is 6.27. The first-order valence-electron chi connectivity index (χ1n) is 7.67. The maximum Gasteiger partial charge on any atom is 0.117 e. The lowest BCUT2D eigenvalue weighted by atomic mass is 9.96. The second-order valence-corrected chi connectivity index (χ2v) is 12.7. The van der Waals surface area contributed by atoms with Gasteiger partial charge in [-0.1, -0.05) is 68.8 Å². The molecule has 3 rings (SSSR count). The van der Waals surface area contributed by atoms with Crippen molar-refractivity contribution in [3.05, 3.63) is 51.9 Å². The van der Waals surface area contributed by atoms with Gasteiger partial charge in [-0.15, -0.1) is 0 Å². The molecule has 0 atom stereocenters. The van der Waals surface area contributed by atoms with Crippen LogP contribution in [0.2, 0.25) is 0 Å². The Morgan fingerprint density at radius 1 is 1.00 bits per heavy atom. The first-order chi connectivity index (χ1) is 11.4. The molecule has 1 aromatic carbocycles. The van der Waals surface area contributed by atoms with Gasteiger partial charge in [-0.25, -0.2) is 0 Å². The first-order valence-corrected chi connectivity index (χ1v) is 14.0. The number of benzene rings is 1. The molecule has 2 aliphatic carbocycles. The van der Waals surface area contributed by atoms with Crippen molar-refractivity contribution in [3.8, 4) is 0 Å². The van der Waals surface area contributed by atoms with Crippen LogP contribution in [0.1, 0.15) is 36.5 Å². The number of rotatable bonds is 4. The van der Waals surface area contributed by atoms with Crippen LogP contribution in [-0.4, -0.2) is 7.11 Å². The smallest absolute Gasteiger partial charge is 0.117 e. The van der Waals surface area contributed by atoms with Crippen LogP contribution < -0.4 is 5.30 Å². The van der Waals surface area contributed by atoms with E-state index in [0.29, 0.717) is 6.61 Å².